The summed E-state index contributed by atoms with van der Waals surface area (Å²) < 4.78 is 27.3. The number of nitrogens with one attached hydrogen (secondary N) is 2. The van der Waals surface area contributed by atoms with Gasteiger partial charge in [-0.2, -0.15) is 0 Å². The van der Waals surface area contributed by atoms with Crippen LogP contribution in [0.5, 0.6) is 0 Å². The van der Waals surface area contributed by atoms with Crippen LogP contribution in [0.25, 0.3) is 6.08 Å². The predicted octanol–water partition coefficient (Wildman–Crippen LogP) is 3.18. The van der Waals surface area contributed by atoms with Crippen LogP contribution in [0.1, 0.15) is 22.6 Å². The molecule has 2 N–H and O–H groups in total. The molecule has 0 spiro atoms. The van der Waals surface area contributed by atoms with Crippen LogP contribution in [0.3, 0.4) is 0 Å². The van der Waals surface area contributed by atoms with Gasteiger partial charge in [-0.3, -0.25) is 14.5 Å². The van der Waals surface area contributed by atoms with Crippen LogP contribution in [-0.4, -0.2) is 26.7 Å². The zero-order valence-corrected chi connectivity index (χ0v) is 15.9. The van der Waals surface area contributed by atoms with E-state index in [1.165, 1.54) is 23.1 Å². The molecule has 1 aromatic heterocycles. The number of amides is 1. The van der Waals surface area contributed by atoms with E-state index in [-0.39, 0.29) is 10.8 Å². The van der Waals surface area contributed by atoms with Crippen LogP contribution < -0.4 is 10.0 Å². The zero-order chi connectivity index (χ0) is 18.6. The number of amidine groups is 1. The van der Waals surface area contributed by atoms with Crippen molar-refractivity contribution in [2.45, 2.75) is 24.7 Å². The molecule has 0 aliphatic carbocycles. The Bertz CT molecular complexity index is 975. The average Bonchev–Trinajstić information content (AvgIpc) is 3.24. The molecule has 0 atom stereocenters. The first-order valence-electron chi connectivity index (χ1n) is 8.14. The summed E-state index contributed by atoms with van der Waals surface area (Å²) in [4.78, 5) is 18.4. The second-order valence-electron chi connectivity index (χ2n) is 5.84. The van der Waals surface area contributed by atoms with Crippen molar-refractivity contribution >= 4 is 44.9 Å². The van der Waals surface area contributed by atoms with Gasteiger partial charge in [0.2, 0.25) is 5.91 Å². The molecule has 136 valence electrons. The number of anilines is 1. The summed E-state index contributed by atoms with van der Waals surface area (Å²) in [7, 11) is -3.70. The first kappa shape index (κ1) is 18.3. The topological polar surface area (TPSA) is 87.6 Å². The van der Waals surface area contributed by atoms with Crippen molar-refractivity contribution in [3.63, 3.8) is 0 Å². The molecule has 0 unspecified atom stereocenters. The molecule has 2 aromatic rings. The molecule has 0 bridgehead atoms. The summed E-state index contributed by atoms with van der Waals surface area (Å²) in [5, 5.41) is 2.68. The quantitative estimate of drug-likeness (QED) is 0.770. The van der Waals surface area contributed by atoms with Gasteiger partial charge in [-0.1, -0.05) is 6.07 Å². The van der Waals surface area contributed by atoms with Crippen LogP contribution in [-0.2, 0) is 14.8 Å². The van der Waals surface area contributed by atoms with Crippen molar-refractivity contribution in [1.82, 2.24) is 4.72 Å². The highest BCUT2D eigenvalue weighted by atomic mass is 32.2. The lowest BCUT2D eigenvalue weighted by atomic mass is 10.3. The Labute approximate surface area is 156 Å². The Morgan fingerprint density at radius 2 is 2.12 bits per heavy atom. The van der Waals surface area contributed by atoms with Gasteiger partial charge in [-0.05, 0) is 49.8 Å². The number of rotatable bonds is 5. The fraction of sp³-hybridized carbons (Fsp3) is 0.222. The fourth-order valence-corrected chi connectivity index (χ4v) is 4.38. The summed E-state index contributed by atoms with van der Waals surface area (Å²) in [6, 6.07) is 10.1. The number of hydrogen-bond acceptors (Lipinski definition) is 5. The number of carbonyl (C=O) groups excluding carboxylic acids is 1. The Hall–Kier alpha value is -2.45. The minimum Gasteiger partial charge on any atom is -0.322 e. The highest BCUT2D eigenvalue weighted by molar-refractivity contribution is 7.90. The number of thiophene rings is 1. The van der Waals surface area contributed by atoms with Gasteiger partial charge >= 0.3 is 0 Å². The molecule has 1 aromatic carbocycles. The number of aryl methyl sites for hydroxylation is 1. The van der Waals surface area contributed by atoms with E-state index in [0.29, 0.717) is 24.5 Å². The van der Waals surface area contributed by atoms with E-state index in [4.69, 9.17) is 0 Å². The lowest BCUT2D eigenvalue weighted by Gasteiger charge is -2.09. The van der Waals surface area contributed by atoms with E-state index >= 15 is 0 Å². The van der Waals surface area contributed by atoms with E-state index in [2.05, 4.69) is 15.0 Å². The highest BCUT2D eigenvalue weighted by Gasteiger charge is 2.18. The summed E-state index contributed by atoms with van der Waals surface area (Å²) in [6.45, 7) is 2.64. The van der Waals surface area contributed by atoms with Gasteiger partial charge in [0.05, 0.1) is 4.90 Å². The molecule has 1 aliphatic rings. The van der Waals surface area contributed by atoms with Crippen LogP contribution in [0.15, 0.2) is 52.4 Å². The molecule has 26 heavy (non-hydrogen) atoms. The third kappa shape index (κ3) is 4.80. The van der Waals surface area contributed by atoms with Gasteiger partial charge in [-0.15, -0.1) is 11.3 Å². The molecule has 6 nitrogen and oxygen atoms in total. The lowest BCUT2D eigenvalue weighted by Crippen LogP contribution is -2.29. The Morgan fingerprint density at radius 1 is 1.27 bits per heavy atom. The molecule has 3 rings (SSSR count). The van der Waals surface area contributed by atoms with Crippen molar-refractivity contribution in [2.75, 3.05) is 11.9 Å². The Balaban J connectivity index is 1.68. The molecular formula is C18H19N3O3S2. The second kappa shape index (κ2) is 7.84. The maximum absolute atomic E-state index is 12.4. The third-order valence-electron chi connectivity index (χ3n) is 3.70. The lowest BCUT2D eigenvalue weighted by molar-refractivity contribution is -0.111. The van der Waals surface area contributed by atoms with Crippen LogP contribution in [0.2, 0.25) is 0 Å². The van der Waals surface area contributed by atoms with E-state index < -0.39 is 10.0 Å². The molecule has 0 fully saturated rings. The SMILES string of the molecule is Cc1ccc(/C=C/C(=O)Nc2cccc(S(=O)(=O)NC3=NCCC3)c2)s1. The second-order valence-corrected chi connectivity index (χ2v) is 8.84. The van der Waals surface area contributed by atoms with E-state index in [1.807, 2.05) is 19.1 Å². The summed E-state index contributed by atoms with van der Waals surface area (Å²) >= 11 is 1.59. The standard InChI is InChI=1S/C18H19N3O3S2/c1-13-7-8-15(25-13)9-10-18(22)20-14-4-2-5-16(12-14)26(23,24)21-17-6-3-11-19-17/h2,4-5,7-10,12H,3,6,11H2,1H3,(H,19,21)(H,20,22)/b10-9+. The molecule has 1 aliphatic heterocycles. The molecule has 0 saturated heterocycles. The van der Waals surface area contributed by atoms with E-state index in [1.54, 1.807) is 29.5 Å². The largest absolute Gasteiger partial charge is 0.322 e. The summed E-state index contributed by atoms with van der Waals surface area (Å²) in [6.07, 6.45) is 4.64. The van der Waals surface area contributed by atoms with Crippen LogP contribution in [0.4, 0.5) is 5.69 Å². The number of hydrogen-bond donors (Lipinski definition) is 2. The maximum Gasteiger partial charge on any atom is 0.262 e. The number of sulfonamides is 1. The van der Waals surface area contributed by atoms with Gasteiger partial charge in [0.25, 0.3) is 10.0 Å². The number of benzene rings is 1. The molecule has 2 heterocycles. The monoisotopic (exact) mass is 389 g/mol. The van der Waals surface area contributed by atoms with Crippen molar-refractivity contribution < 1.29 is 13.2 Å². The van der Waals surface area contributed by atoms with Crippen LogP contribution >= 0.6 is 11.3 Å². The van der Waals surface area contributed by atoms with E-state index in [0.717, 1.165) is 11.3 Å². The van der Waals surface area contributed by atoms with Crippen molar-refractivity contribution in [3.05, 3.63) is 52.2 Å². The minimum atomic E-state index is -3.70. The first-order chi connectivity index (χ1) is 12.4. The smallest absolute Gasteiger partial charge is 0.262 e. The van der Waals surface area contributed by atoms with Crippen molar-refractivity contribution in [2.24, 2.45) is 4.99 Å². The Kier molecular flexibility index (Phi) is 5.53. The number of carbonyl (C=O) groups is 1. The number of nitrogens with zero attached hydrogens (tertiary/aromatic N) is 1. The van der Waals surface area contributed by atoms with Gasteiger partial charge in [0.1, 0.15) is 5.84 Å². The van der Waals surface area contributed by atoms with Crippen molar-refractivity contribution in [3.8, 4) is 0 Å². The van der Waals surface area contributed by atoms with Gasteiger partial charge in [0.15, 0.2) is 0 Å². The van der Waals surface area contributed by atoms with E-state index in [9.17, 15) is 13.2 Å². The Morgan fingerprint density at radius 3 is 2.81 bits per heavy atom. The third-order valence-corrected chi connectivity index (χ3v) is 6.04. The molecular weight excluding hydrogens is 370 g/mol. The van der Waals surface area contributed by atoms with Gasteiger partial charge < -0.3 is 5.32 Å². The minimum absolute atomic E-state index is 0.0859. The van der Waals surface area contributed by atoms with Gasteiger partial charge in [0, 0.05) is 34.5 Å². The average molecular weight is 390 g/mol. The zero-order valence-electron chi connectivity index (χ0n) is 14.2. The maximum atomic E-state index is 12.4. The molecule has 8 heteroatoms. The molecule has 0 radical (unpaired) electrons. The number of aliphatic imine (C=N–C) groups is 1. The fourth-order valence-electron chi connectivity index (χ4n) is 2.46. The first-order valence-corrected chi connectivity index (χ1v) is 10.4. The summed E-state index contributed by atoms with van der Waals surface area (Å²) in [5.41, 5.74) is 0.415. The predicted molar refractivity (Wildman–Crippen MR) is 105 cm³/mol. The highest BCUT2D eigenvalue weighted by Crippen LogP contribution is 2.18. The summed E-state index contributed by atoms with van der Waals surface area (Å²) in [5.74, 6) is 0.160. The molecule has 0 saturated carbocycles. The van der Waals surface area contributed by atoms with Gasteiger partial charge in [-0.25, -0.2) is 8.42 Å². The normalized spacial score (nSPS) is 14.4. The molecule has 1 amide bonds. The van der Waals surface area contributed by atoms with Crippen molar-refractivity contribution in [1.29, 1.82) is 0 Å². The van der Waals surface area contributed by atoms with Crippen LogP contribution in [0, 0.1) is 6.92 Å².